The molecule has 0 fully saturated rings. The minimum absolute atomic E-state index is 0.380. The Labute approximate surface area is 61.9 Å². The first kappa shape index (κ1) is 7.44. The molecule has 1 aliphatic rings. The third-order valence-electron chi connectivity index (χ3n) is 1.16. The largest absolute Gasteiger partial charge is 0.509 e. The van der Waals surface area contributed by atoms with Crippen LogP contribution in [0.3, 0.4) is 0 Å². The summed E-state index contributed by atoms with van der Waals surface area (Å²) in [5.41, 5.74) is -0.380. The van der Waals surface area contributed by atoms with Gasteiger partial charge in [-0.3, -0.25) is 4.79 Å². The molecule has 0 aromatic rings. The summed E-state index contributed by atoms with van der Waals surface area (Å²) in [6, 6.07) is 1.49. The Morgan fingerprint density at radius 1 is 1.73 bits per heavy atom. The van der Waals surface area contributed by atoms with Crippen molar-refractivity contribution in [3.63, 3.8) is 0 Å². The number of nitriles is 1. The highest BCUT2D eigenvalue weighted by atomic mass is 16.3. The van der Waals surface area contributed by atoms with Crippen LogP contribution in [0.5, 0.6) is 0 Å². The molecule has 0 aliphatic carbocycles. The van der Waals surface area contributed by atoms with Gasteiger partial charge in [0, 0.05) is 6.08 Å². The Morgan fingerprint density at radius 2 is 2.36 bits per heavy atom. The minimum Gasteiger partial charge on any atom is -0.509 e. The number of dihydropyridines is 1. The maximum absolute atomic E-state index is 10.5. The van der Waals surface area contributed by atoms with Gasteiger partial charge < -0.3 is 10.2 Å². The number of rotatable bonds is 0. The summed E-state index contributed by atoms with van der Waals surface area (Å²) in [5, 5.41) is 26.0. The van der Waals surface area contributed by atoms with Crippen LogP contribution in [-0.4, -0.2) is 27.9 Å². The second-order valence-corrected chi connectivity index (χ2v) is 1.92. The summed E-state index contributed by atoms with van der Waals surface area (Å²) < 4.78 is 0. The molecule has 2 N–H and O–H groups in total. The third-order valence-corrected chi connectivity index (χ3v) is 1.16. The first-order chi connectivity index (χ1) is 5.15. The summed E-state index contributed by atoms with van der Waals surface area (Å²) in [6.07, 6.45) is -0.677. The molecule has 0 aromatic heterocycles. The zero-order valence-corrected chi connectivity index (χ0v) is 5.35. The molecule has 1 unspecified atom stereocenters. The van der Waals surface area contributed by atoms with Crippen molar-refractivity contribution in [2.45, 2.75) is 6.10 Å². The predicted molar refractivity (Wildman–Crippen MR) is 34.8 cm³/mol. The van der Waals surface area contributed by atoms with Crippen molar-refractivity contribution in [1.82, 2.24) is 0 Å². The molecule has 0 saturated carbocycles. The summed E-state index contributed by atoms with van der Waals surface area (Å²) >= 11 is 0. The maximum Gasteiger partial charge on any atom is 0.274 e. The quantitative estimate of drug-likeness (QED) is 0.479. The van der Waals surface area contributed by atoms with Gasteiger partial charge in [-0.2, -0.15) is 10.3 Å². The van der Waals surface area contributed by atoms with Gasteiger partial charge >= 0.3 is 0 Å². The van der Waals surface area contributed by atoms with Crippen LogP contribution in [0.15, 0.2) is 16.8 Å². The van der Waals surface area contributed by atoms with E-state index in [4.69, 9.17) is 15.5 Å². The number of aliphatic imine (C=N–C) groups is 1. The van der Waals surface area contributed by atoms with E-state index in [1.54, 1.807) is 0 Å². The average molecular weight is 152 g/mol. The fraction of sp³-hybridized carbons (Fsp3) is 0.167. The number of amides is 1. The van der Waals surface area contributed by atoms with Crippen LogP contribution in [-0.2, 0) is 4.79 Å². The number of aliphatic hydroxyl groups is 2. The standard InChI is InChI=1S/C6H4N2O3/c7-2-3-6(11)4(9)1-5(10)8-3/h1,6,9,11H. The van der Waals surface area contributed by atoms with Crippen molar-refractivity contribution in [2.75, 3.05) is 0 Å². The topological polar surface area (TPSA) is 93.7 Å². The van der Waals surface area contributed by atoms with E-state index >= 15 is 0 Å². The van der Waals surface area contributed by atoms with E-state index in [-0.39, 0.29) is 5.71 Å². The van der Waals surface area contributed by atoms with E-state index in [1.165, 1.54) is 6.07 Å². The highest BCUT2D eigenvalue weighted by molar-refractivity contribution is 6.13. The average Bonchev–Trinajstić information content (AvgIpc) is 1.96. The molecule has 0 spiro atoms. The van der Waals surface area contributed by atoms with Crippen molar-refractivity contribution in [3.05, 3.63) is 11.8 Å². The van der Waals surface area contributed by atoms with Crippen LogP contribution in [0, 0.1) is 11.3 Å². The first-order valence-electron chi connectivity index (χ1n) is 2.76. The van der Waals surface area contributed by atoms with Gasteiger partial charge in [-0.1, -0.05) is 0 Å². The van der Waals surface area contributed by atoms with Gasteiger partial charge in [0.05, 0.1) is 0 Å². The van der Waals surface area contributed by atoms with Crippen LogP contribution in [0.1, 0.15) is 0 Å². The van der Waals surface area contributed by atoms with Crippen LogP contribution in [0.4, 0.5) is 0 Å². The Hall–Kier alpha value is -1.67. The summed E-state index contributed by atoms with van der Waals surface area (Å²) in [6.45, 7) is 0. The van der Waals surface area contributed by atoms with Gasteiger partial charge in [0.1, 0.15) is 11.8 Å². The fourth-order valence-corrected chi connectivity index (χ4v) is 0.644. The zero-order chi connectivity index (χ0) is 8.43. The number of aliphatic hydroxyl groups excluding tert-OH is 2. The first-order valence-corrected chi connectivity index (χ1v) is 2.76. The van der Waals surface area contributed by atoms with Gasteiger partial charge in [-0.05, 0) is 0 Å². The molecule has 1 heterocycles. The Morgan fingerprint density at radius 3 is 2.91 bits per heavy atom. The molecule has 0 aromatic carbocycles. The van der Waals surface area contributed by atoms with E-state index in [0.29, 0.717) is 0 Å². The van der Waals surface area contributed by atoms with E-state index in [1.807, 2.05) is 0 Å². The predicted octanol–water partition coefficient (Wildman–Crippen LogP) is -0.706. The molecule has 1 aliphatic heterocycles. The number of carbonyl (C=O) groups is 1. The number of hydrogen-bond acceptors (Lipinski definition) is 4. The van der Waals surface area contributed by atoms with Crippen LogP contribution >= 0.6 is 0 Å². The number of nitrogens with zero attached hydrogens (tertiary/aromatic N) is 2. The van der Waals surface area contributed by atoms with Gasteiger partial charge in [-0.25, -0.2) is 0 Å². The van der Waals surface area contributed by atoms with Crippen molar-refractivity contribution in [3.8, 4) is 6.07 Å². The second-order valence-electron chi connectivity index (χ2n) is 1.92. The fourth-order valence-electron chi connectivity index (χ4n) is 0.644. The normalized spacial score (nSPS) is 23.6. The number of carbonyl (C=O) groups excluding carboxylic acids is 1. The maximum atomic E-state index is 10.5. The van der Waals surface area contributed by atoms with Gasteiger partial charge in [0.2, 0.25) is 0 Å². The highest BCUT2D eigenvalue weighted by Crippen LogP contribution is 2.06. The highest BCUT2D eigenvalue weighted by Gasteiger charge is 2.22. The van der Waals surface area contributed by atoms with Gasteiger partial charge in [-0.15, -0.1) is 0 Å². The van der Waals surface area contributed by atoms with E-state index in [2.05, 4.69) is 4.99 Å². The van der Waals surface area contributed by atoms with Crippen LogP contribution < -0.4 is 0 Å². The molecule has 0 saturated heterocycles. The second kappa shape index (κ2) is 2.52. The van der Waals surface area contributed by atoms with Crippen LogP contribution in [0.2, 0.25) is 0 Å². The Balaban J connectivity index is 3.02. The van der Waals surface area contributed by atoms with E-state index in [0.717, 1.165) is 6.08 Å². The molecule has 5 nitrogen and oxygen atoms in total. The van der Waals surface area contributed by atoms with Crippen molar-refractivity contribution < 1.29 is 15.0 Å². The molecule has 0 radical (unpaired) electrons. The molecule has 11 heavy (non-hydrogen) atoms. The molecule has 5 heteroatoms. The van der Waals surface area contributed by atoms with Crippen molar-refractivity contribution in [2.24, 2.45) is 4.99 Å². The van der Waals surface area contributed by atoms with Gasteiger partial charge in [0.15, 0.2) is 11.8 Å². The lowest BCUT2D eigenvalue weighted by molar-refractivity contribution is -0.113. The Kier molecular flexibility index (Phi) is 1.70. The van der Waals surface area contributed by atoms with E-state index < -0.39 is 17.8 Å². The molecule has 1 rings (SSSR count). The lowest BCUT2D eigenvalue weighted by Crippen LogP contribution is -2.26. The lowest BCUT2D eigenvalue weighted by Gasteiger charge is -2.09. The SMILES string of the molecule is N#CC1=NC(=O)C=C(O)C1O. The van der Waals surface area contributed by atoms with Crippen molar-refractivity contribution >= 4 is 11.6 Å². The number of hydrogen-bond donors (Lipinski definition) is 2. The molecular weight excluding hydrogens is 148 g/mol. The molecule has 1 atom stereocenters. The van der Waals surface area contributed by atoms with E-state index in [9.17, 15) is 4.79 Å². The molecule has 0 bridgehead atoms. The van der Waals surface area contributed by atoms with Crippen molar-refractivity contribution in [1.29, 1.82) is 5.26 Å². The lowest BCUT2D eigenvalue weighted by atomic mass is 10.1. The smallest absolute Gasteiger partial charge is 0.274 e. The zero-order valence-electron chi connectivity index (χ0n) is 5.35. The minimum atomic E-state index is -1.45. The third kappa shape index (κ3) is 1.25. The molecular formula is C6H4N2O3. The molecule has 1 amide bonds. The summed E-state index contributed by atoms with van der Waals surface area (Å²) in [4.78, 5) is 13.7. The summed E-state index contributed by atoms with van der Waals surface area (Å²) in [5.74, 6) is -1.27. The monoisotopic (exact) mass is 152 g/mol. The molecule has 56 valence electrons. The Bertz CT molecular complexity index is 297. The summed E-state index contributed by atoms with van der Waals surface area (Å²) in [7, 11) is 0. The van der Waals surface area contributed by atoms with Gasteiger partial charge in [0.25, 0.3) is 5.91 Å². The van der Waals surface area contributed by atoms with Crippen LogP contribution in [0.25, 0.3) is 0 Å².